The lowest BCUT2D eigenvalue weighted by Gasteiger charge is -2.13. The van der Waals surface area contributed by atoms with Crippen molar-refractivity contribution in [3.05, 3.63) is 51.1 Å². The van der Waals surface area contributed by atoms with E-state index < -0.39 is 17.3 Å². The molecule has 2 rings (SSSR count). The summed E-state index contributed by atoms with van der Waals surface area (Å²) in [4.78, 5) is 0. The maximum atomic E-state index is 12.9. The number of nitriles is 1. The molecule has 0 saturated heterocycles. The molecule has 0 unspecified atom stereocenters. The second-order valence-electron chi connectivity index (χ2n) is 4.23. The lowest BCUT2D eigenvalue weighted by molar-refractivity contribution is -0.137. The van der Waals surface area contributed by atoms with Crippen molar-refractivity contribution in [2.45, 2.75) is 6.18 Å². The summed E-state index contributed by atoms with van der Waals surface area (Å²) in [6.07, 6.45) is -4.58. The number of nitrogen functional groups attached to an aromatic ring is 1. The minimum absolute atomic E-state index is 0.217. The van der Waals surface area contributed by atoms with Crippen LogP contribution in [0.4, 0.5) is 30.2 Å². The number of nitrogens with zero attached hydrogens (tertiary/aromatic N) is 1. The largest absolute Gasteiger partial charge is 0.417 e. The van der Waals surface area contributed by atoms with Crippen LogP contribution in [0.5, 0.6) is 0 Å². The van der Waals surface area contributed by atoms with Crippen LogP contribution in [0.2, 0.25) is 0 Å². The molecule has 7 heteroatoms. The molecule has 108 valence electrons. The summed E-state index contributed by atoms with van der Waals surface area (Å²) in [5.74, 6) is 0. The number of halogens is 4. The SMILES string of the molecule is N#Cc1ccc(Nc2ccc(I)cc2N)cc1C(F)(F)F. The molecule has 0 atom stereocenters. The molecule has 0 spiro atoms. The number of rotatable bonds is 2. The highest BCUT2D eigenvalue weighted by Crippen LogP contribution is 2.34. The normalized spacial score (nSPS) is 11.0. The summed E-state index contributed by atoms with van der Waals surface area (Å²) in [7, 11) is 0. The van der Waals surface area contributed by atoms with E-state index in [0.29, 0.717) is 11.4 Å². The number of nitrogens with one attached hydrogen (secondary N) is 1. The Labute approximate surface area is 132 Å². The first-order chi connectivity index (χ1) is 9.81. The average molecular weight is 403 g/mol. The second-order valence-corrected chi connectivity index (χ2v) is 5.47. The summed E-state index contributed by atoms with van der Waals surface area (Å²) < 4.78 is 39.6. The van der Waals surface area contributed by atoms with Crippen LogP contribution in [0.3, 0.4) is 0 Å². The fourth-order valence-corrected chi connectivity index (χ4v) is 2.27. The molecule has 0 amide bonds. The van der Waals surface area contributed by atoms with Gasteiger partial charge in [-0.3, -0.25) is 0 Å². The Bertz CT molecular complexity index is 720. The van der Waals surface area contributed by atoms with Crippen molar-refractivity contribution >= 4 is 39.7 Å². The van der Waals surface area contributed by atoms with E-state index >= 15 is 0 Å². The lowest BCUT2D eigenvalue weighted by atomic mass is 10.1. The van der Waals surface area contributed by atoms with Gasteiger partial charge in [0.1, 0.15) is 0 Å². The smallest absolute Gasteiger partial charge is 0.397 e. The van der Waals surface area contributed by atoms with Crippen molar-refractivity contribution in [2.75, 3.05) is 11.1 Å². The molecule has 0 fully saturated rings. The first kappa shape index (κ1) is 15.4. The van der Waals surface area contributed by atoms with Gasteiger partial charge in [0.05, 0.1) is 28.6 Å². The van der Waals surface area contributed by atoms with E-state index in [-0.39, 0.29) is 5.69 Å². The number of anilines is 3. The summed E-state index contributed by atoms with van der Waals surface area (Å²) in [5, 5.41) is 11.6. The van der Waals surface area contributed by atoms with E-state index in [4.69, 9.17) is 11.0 Å². The van der Waals surface area contributed by atoms with Gasteiger partial charge in [0, 0.05) is 9.26 Å². The monoisotopic (exact) mass is 403 g/mol. The number of alkyl halides is 3. The van der Waals surface area contributed by atoms with E-state index in [1.165, 1.54) is 12.1 Å². The Morgan fingerprint density at radius 2 is 1.86 bits per heavy atom. The van der Waals surface area contributed by atoms with E-state index in [1.54, 1.807) is 18.2 Å². The Morgan fingerprint density at radius 1 is 1.14 bits per heavy atom. The van der Waals surface area contributed by atoms with Gasteiger partial charge < -0.3 is 11.1 Å². The molecule has 2 aromatic carbocycles. The molecule has 0 aliphatic heterocycles. The number of benzene rings is 2. The number of nitrogens with two attached hydrogens (primary N) is 1. The van der Waals surface area contributed by atoms with Crippen molar-refractivity contribution in [1.82, 2.24) is 0 Å². The number of hydrogen-bond acceptors (Lipinski definition) is 3. The van der Waals surface area contributed by atoms with Gasteiger partial charge >= 0.3 is 6.18 Å². The van der Waals surface area contributed by atoms with Gasteiger partial charge in [-0.1, -0.05) is 0 Å². The zero-order chi connectivity index (χ0) is 15.6. The zero-order valence-corrected chi connectivity index (χ0v) is 12.7. The summed E-state index contributed by atoms with van der Waals surface area (Å²) in [5.41, 5.74) is 5.58. The first-order valence-corrected chi connectivity index (χ1v) is 6.82. The molecular formula is C14H9F3IN3. The highest BCUT2D eigenvalue weighted by Gasteiger charge is 2.33. The molecule has 0 bridgehead atoms. The molecule has 21 heavy (non-hydrogen) atoms. The third-order valence-corrected chi connectivity index (χ3v) is 3.41. The minimum Gasteiger partial charge on any atom is -0.397 e. The van der Waals surface area contributed by atoms with E-state index in [1.807, 2.05) is 0 Å². The van der Waals surface area contributed by atoms with Gasteiger partial charge in [0.25, 0.3) is 0 Å². The van der Waals surface area contributed by atoms with Gasteiger partial charge in [-0.2, -0.15) is 18.4 Å². The van der Waals surface area contributed by atoms with Crippen LogP contribution in [0, 0.1) is 14.9 Å². The molecule has 3 nitrogen and oxygen atoms in total. The topological polar surface area (TPSA) is 61.8 Å². The van der Waals surface area contributed by atoms with Crippen LogP contribution in [0.1, 0.15) is 11.1 Å². The summed E-state index contributed by atoms with van der Waals surface area (Å²) >= 11 is 2.09. The molecule has 0 heterocycles. The third kappa shape index (κ3) is 3.58. The zero-order valence-electron chi connectivity index (χ0n) is 10.5. The number of hydrogen-bond donors (Lipinski definition) is 2. The molecular weight excluding hydrogens is 394 g/mol. The Hall–Kier alpha value is -1.95. The molecule has 0 saturated carbocycles. The van der Waals surface area contributed by atoms with Gasteiger partial charge in [-0.05, 0) is 59.0 Å². The molecule has 0 aliphatic rings. The van der Waals surface area contributed by atoms with Gasteiger partial charge in [-0.15, -0.1) is 0 Å². The molecule has 0 radical (unpaired) electrons. The molecule has 0 aromatic heterocycles. The van der Waals surface area contributed by atoms with Gasteiger partial charge in [0.2, 0.25) is 0 Å². The molecule has 0 aliphatic carbocycles. The molecule has 2 aromatic rings. The van der Waals surface area contributed by atoms with Gasteiger partial charge in [0.15, 0.2) is 0 Å². The van der Waals surface area contributed by atoms with Gasteiger partial charge in [-0.25, -0.2) is 0 Å². The highest BCUT2D eigenvalue weighted by molar-refractivity contribution is 14.1. The lowest BCUT2D eigenvalue weighted by Crippen LogP contribution is -2.08. The van der Waals surface area contributed by atoms with Crippen LogP contribution in [-0.4, -0.2) is 0 Å². The quantitative estimate of drug-likeness (QED) is 0.573. The third-order valence-electron chi connectivity index (χ3n) is 2.74. The van der Waals surface area contributed by atoms with Crippen LogP contribution in [0.15, 0.2) is 36.4 Å². The maximum absolute atomic E-state index is 12.9. The molecule has 3 N–H and O–H groups in total. The van der Waals surface area contributed by atoms with Crippen molar-refractivity contribution in [2.24, 2.45) is 0 Å². The first-order valence-electron chi connectivity index (χ1n) is 5.74. The Morgan fingerprint density at radius 3 is 2.43 bits per heavy atom. The van der Waals surface area contributed by atoms with Crippen molar-refractivity contribution in [1.29, 1.82) is 5.26 Å². The predicted octanol–water partition coefficient (Wildman–Crippen LogP) is 4.51. The maximum Gasteiger partial charge on any atom is 0.417 e. The standard InChI is InChI=1S/C14H9F3IN3/c15-14(16,17)11-6-10(3-1-8(11)7-19)21-13-4-2-9(18)5-12(13)20/h1-6,21H,20H2. The highest BCUT2D eigenvalue weighted by atomic mass is 127. The minimum atomic E-state index is -4.58. The van der Waals surface area contributed by atoms with Crippen molar-refractivity contribution < 1.29 is 13.2 Å². The van der Waals surface area contributed by atoms with Crippen LogP contribution in [-0.2, 0) is 6.18 Å². The van der Waals surface area contributed by atoms with Crippen molar-refractivity contribution in [3.8, 4) is 6.07 Å². The van der Waals surface area contributed by atoms with Crippen molar-refractivity contribution in [3.63, 3.8) is 0 Å². The Balaban J connectivity index is 2.40. The van der Waals surface area contributed by atoms with Crippen LogP contribution < -0.4 is 11.1 Å². The van der Waals surface area contributed by atoms with E-state index in [0.717, 1.165) is 15.7 Å². The fraction of sp³-hybridized carbons (Fsp3) is 0.0714. The van der Waals surface area contributed by atoms with Crippen LogP contribution in [0.25, 0.3) is 0 Å². The van der Waals surface area contributed by atoms with E-state index in [9.17, 15) is 13.2 Å². The summed E-state index contributed by atoms with van der Waals surface area (Å²) in [6.45, 7) is 0. The van der Waals surface area contributed by atoms with Crippen LogP contribution >= 0.6 is 22.6 Å². The average Bonchev–Trinajstić information content (AvgIpc) is 2.41. The second kappa shape index (κ2) is 5.81. The predicted molar refractivity (Wildman–Crippen MR) is 83.0 cm³/mol. The summed E-state index contributed by atoms with van der Waals surface area (Å²) in [6, 6.07) is 10.2. The Kier molecular flexibility index (Phi) is 4.27. The fourth-order valence-electron chi connectivity index (χ4n) is 1.76. The van der Waals surface area contributed by atoms with E-state index in [2.05, 4.69) is 27.9 Å².